The minimum Gasteiger partial charge on any atom is -0.549 e. The van der Waals surface area contributed by atoms with Crippen LogP contribution < -0.4 is 41.6 Å². The van der Waals surface area contributed by atoms with Crippen LogP contribution in [0.2, 0.25) is 0 Å². The number of carbonyl (C=O) groups excluding carboxylic acids is 4. The summed E-state index contributed by atoms with van der Waals surface area (Å²) in [6.45, 7) is -3.25. The molecule has 0 aromatic heterocycles. The predicted molar refractivity (Wildman–Crippen MR) is 164 cm³/mol. The Balaban J connectivity index is 0.000000323. The molecule has 4 aromatic rings. The average molecular weight is 679 g/mol. The third kappa shape index (κ3) is 11.2. The van der Waals surface area contributed by atoms with Crippen LogP contribution in [0.4, 0.5) is 0 Å². The molecule has 0 saturated carbocycles. The first kappa shape index (κ1) is 37.9. The molecule has 46 heavy (non-hydrogen) atoms. The van der Waals surface area contributed by atoms with Crippen molar-refractivity contribution in [1.82, 2.24) is 9.80 Å². The van der Waals surface area contributed by atoms with Crippen molar-refractivity contribution in [3.05, 3.63) is 121 Å². The van der Waals surface area contributed by atoms with E-state index in [0.29, 0.717) is 0 Å². The number of carboxylic acids is 4. The van der Waals surface area contributed by atoms with Gasteiger partial charge in [0.25, 0.3) is 0 Å². The van der Waals surface area contributed by atoms with Crippen molar-refractivity contribution in [2.75, 3.05) is 39.3 Å². The van der Waals surface area contributed by atoms with Crippen LogP contribution in [0.1, 0.15) is 0 Å². The summed E-state index contributed by atoms with van der Waals surface area (Å²) in [5.74, 6) is -6.12. The van der Waals surface area contributed by atoms with Gasteiger partial charge in [-0.25, -0.2) is 0 Å². The Hall–Kier alpha value is -4.31. The number of hydrogen-bond acceptors (Lipinski definition) is 10. The molecule has 0 fully saturated rings. The van der Waals surface area contributed by atoms with Crippen LogP contribution in [0.25, 0.3) is 0 Å². The van der Waals surface area contributed by atoms with E-state index in [1.807, 2.05) is 0 Å². The molecule has 0 N–H and O–H groups in total. The molecule has 0 amide bonds. The molecule has 0 aliphatic rings. The van der Waals surface area contributed by atoms with Gasteiger partial charge in [-0.1, -0.05) is 72.8 Å². The minimum atomic E-state index is -1.91. The molecule has 4 aromatic carbocycles. The van der Waals surface area contributed by atoms with Crippen molar-refractivity contribution in [3.63, 3.8) is 0 Å². The summed E-state index contributed by atoms with van der Waals surface area (Å²) in [5.41, 5.74) is 0. The van der Waals surface area contributed by atoms with Gasteiger partial charge in [-0.15, -0.1) is 0 Å². The topological polar surface area (TPSA) is 167 Å². The monoisotopic (exact) mass is 678 g/mol. The standard InChI is InChI=1S/C24H20P.C10H16N2O8.V/c1-5-13-21(14-6-1)25(22-15-7-2-8-16-22,23-17-9-3-10-18-23)24-19-11-4-12-20-24;13-7(14)3-11(4-8(15)16)1-2-12(5-9(17)18)6-10(19)20;/h1-20H;1-6H2,(H,13,14)(H,15,16)(H,17,18)(H,19,20);/q+1;;/p-4. The molecule has 239 valence electrons. The Labute approximate surface area is 280 Å². The normalized spacial score (nSPS) is 10.7. The third-order valence-corrected chi connectivity index (χ3v) is 11.0. The fourth-order valence-electron chi connectivity index (χ4n) is 4.94. The summed E-state index contributed by atoms with van der Waals surface area (Å²) in [7, 11) is -1.91. The van der Waals surface area contributed by atoms with Crippen LogP contribution in [0.3, 0.4) is 0 Å². The van der Waals surface area contributed by atoms with Crippen molar-refractivity contribution >= 4 is 52.4 Å². The molecular formula is C34H32N2O8PV-3. The molecule has 1 radical (unpaired) electrons. The number of carboxylic acid groups (broad SMARTS) is 4. The number of hydrogen-bond donors (Lipinski definition) is 0. The SMILES string of the molecule is O=C([O-])CN(CCN(CC(=O)[O-])CC(=O)[O-])CC(=O)[O-].[V].c1ccc([P+](c2ccccc2)(c2ccccc2)c2ccccc2)cc1. The Bertz CT molecular complexity index is 1300. The summed E-state index contributed by atoms with van der Waals surface area (Å²) >= 11 is 0. The first-order valence-corrected chi connectivity index (χ1v) is 15.8. The Morgan fingerprint density at radius 1 is 0.413 bits per heavy atom. The molecule has 0 bridgehead atoms. The van der Waals surface area contributed by atoms with Gasteiger partial charge in [-0.05, 0) is 48.5 Å². The number of rotatable bonds is 15. The Morgan fingerprint density at radius 2 is 0.609 bits per heavy atom. The van der Waals surface area contributed by atoms with E-state index < -0.39 is 57.3 Å². The smallest absolute Gasteiger partial charge is 0.144 e. The van der Waals surface area contributed by atoms with E-state index in [-0.39, 0.29) is 31.6 Å². The predicted octanol–water partition coefficient (Wildman–Crippen LogP) is -3.11. The van der Waals surface area contributed by atoms with E-state index in [1.54, 1.807) is 0 Å². The van der Waals surface area contributed by atoms with E-state index in [0.717, 1.165) is 9.80 Å². The van der Waals surface area contributed by atoms with Crippen molar-refractivity contribution in [3.8, 4) is 0 Å². The van der Waals surface area contributed by atoms with E-state index >= 15 is 0 Å². The largest absolute Gasteiger partial charge is 0.549 e. The van der Waals surface area contributed by atoms with Crippen LogP contribution in [-0.2, 0) is 37.7 Å². The third-order valence-electron chi connectivity index (χ3n) is 6.72. The molecule has 0 heterocycles. The van der Waals surface area contributed by atoms with E-state index in [2.05, 4.69) is 121 Å². The van der Waals surface area contributed by atoms with Crippen LogP contribution in [-0.4, -0.2) is 72.9 Å². The van der Waals surface area contributed by atoms with E-state index in [1.165, 1.54) is 21.2 Å². The van der Waals surface area contributed by atoms with Crippen LogP contribution in [0, 0.1) is 0 Å². The second-order valence-electron chi connectivity index (χ2n) is 9.92. The van der Waals surface area contributed by atoms with Crippen molar-refractivity contribution < 1.29 is 58.2 Å². The van der Waals surface area contributed by atoms with Crippen LogP contribution in [0.5, 0.6) is 0 Å². The van der Waals surface area contributed by atoms with Crippen LogP contribution in [0.15, 0.2) is 121 Å². The number of aliphatic carboxylic acids is 4. The summed E-state index contributed by atoms with van der Waals surface area (Å²) in [6, 6.07) is 43.8. The van der Waals surface area contributed by atoms with Crippen molar-refractivity contribution in [2.45, 2.75) is 0 Å². The van der Waals surface area contributed by atoms with Crippen molar-refractivity contribution in [2.24, 2.45) is 0 Å². The van der Waals surface area contributed by atoms with Gasteiger partial charge >= 0.3 is 0 Å². The quantitative estimate of drug-likeness (QED) is 0.118. The van der Waals surface area contributed by atoms with Gasteiger partial charge in [0.05, 0.1) is 23.9 Å². The van der Waals surface area contributed by atoms with Gasteiger partial charge in [0.2, 0.25) is 0 Å². The van der Waals surface area contributed by atoms with Gasteiger partial charge in [-0.2, -0.15) is 0 Å². The number of benzene rings is 4. The van der Waals surface area contributed by atoms with Gasteiger partial charge in [-0.3, -0.25) is 9.80 Å². The molecule has 0 unspecified atom stereocenters. The molecule has 12 heteroatoms. The zero-order chi connectivity index (χ0) is 32.7. The summed E-state index contributed by atoms with van der Waals surface area (Å²) in [4.78, 5) is 43.4. The van der Waals surface area contributed by atoms with E-state index in [4.69, 9.17) is 0 Å². The molecule has 0 atom stereocenters. The first-order valence-electron chi connectivity index (χ1n) is 14.0. The number of nitrogens with zero attached hydrogens (tertiary/aromatic N) is 2. The van der Waals surface area contributed by atoms with Gasteiger partial charge < -0.3 is 39.6 Å². The fraction of sp³-hybridized carbons (Fsp3) is 0.176. The second kappa shape index (κ2) is 19.3. The van der Waals surface area contributed by atoms with Crippen LogP contribution >= 0.6 is 7.26 Å². The molecule has 0 aliphatic carbocycles. The molecule has 10 nitrogen and oxygen atoms in total. The Kier molecular flexibility index (Phi) is 15.9. The molecule has 0 saturated heterocycles. The Morgan fingerprint density at radius 3 is 0.783 bits per heavy atom. The average Bonchev–Trinajstić information content (AvgIpc) is 3.02. The maximum atomic E-state index is 10.4. The zero-order valence-electron chi connectivity index (χ0n) is 24.8. The molecular weight excluding hydrogens is 646 g/mol. The summed E-state index contributed by atoms with van der Waals surface area (Å²) in [5, 5.41) is 47.2. The second-order valence-corrected chi connectivity index (χ2v) is 13.3. The van der Waals surface area contributed by atoms with Gasteiger partial charge in [0.1, 0.15) is 28.5 Å². The minimum absolute atomic E-state index is 0. The molecule has 4 rings (SSSR count). The van der Waals surface area contributed by atoms with E-state index in [9.17, 15) is 39.6 Å². The van der Waals surface area contributed by atoms with Crippen molar-refractivity contribution in [1.29, 1.82) is 0 Å². The molecule has 0 aliphatic heterocycles. The van der Waals surface area contributed by atoms with Gasteiger partial charge in [0.15, 0.2) is 0 Å². The summed E-state index contributed by atoms with van der Waals surface area (Å²) in [6.07, 6.45) is 0. The fourth-order valence-corrected chi connectivity index (χ4v) is 9.21. The molecule has 0 spiro atoms. The zero-order valence-corrected chi connectivity index (χ0v) is 27.1. The first-order chi connectivity index (χ1) is 21.6. The maximum absolute atomic E-state index is 10.4. The van der Waals surface area contributed by atoms with Gasteiger partial charge in [0, 0.05) is 57.8 Å². The maximum Gasteiger partial charge on any atom is 0.144 e. The summed E-state index contributed by atoms with van der Waals surface area (Å²) < 4.78 is 0. The number of carbonyl (C=O) groups is 4.